The minimum absolute atomic E-state index is 0.00531. The van der Waals surface area contributed by atoms with Crippen molar-refractivity contribution in [3.05, 3.63) is 32.0 Å². The fourth-order valence-corrected chi connectivity index (χ4v) is 2.50. The summed E-state index contributed by atoms with van der Waals surface area (Å²) in [4.78, 5) is 23.4. The van der Waals surface area contributed by atoms with Gasteiger partial charge in [0.2, 0.25) is 11.5 Å². The van der Waals surface area contributed by atoms with E-state index in [0.29, 0.717) is 11.3 Å². The molecule has 0 unspecified atom stereocenters. The van der Waals surface area contributed by atoms with Crippen molar-refractivity contribution in [3.8, 4) is 17.0 Å². The van der Waals surface area contributed by atoms with Crippen molar-refractivity contribution < 1.29 is 18.7 Å². The molecule has 0 aromatic carbocycles. The van der Waals surface area contributed by atoms with Crippen LogP contribution in [0.1, 0.15) is 10.6 Å². The van der Waals surface area contributed by atoms with Crippen LogP contribution < -0.4 is 10.4 Å². The van der Waals surface area contributed by atoms with E-state index in [1.165, 1.54) is 20.3 Å². The quantitative estimate of drug-likeness (QED) is 0.583. The average Bonchev–Trinajstić information content (AvgIpc) is 2.75. The third kappa shape index (κ3) is 2.55. The summed E-state index contributed by atoms with van der Waals surface area (Å²) < 4.78 is 16.9. The van der Waals surface area contributed by atoms with Crippen molar-refractivity contribution >= 4 is 28.6 Å². The Morgan fingerprint density at radius 2 is 2.15 bits per heavy atom. The van der Waals surface area contributed by atoms with E-state index < -0.39 is 11.6 Å². The van der Waals surface area contributed by atoms with Gasteiger partial charge in [-0.2, -0.15) is 5.10 Å². The van der Waals surface area contributed by atoms with Crippen LogP contribution in [0.3, 0.4) is 0 Å². The molecule has 7 nitrogen and oxygen atoms in total. The number of nitrogens with zero attached hydrogens (tertiary/aromatic N) is 2. The first-order valence-corrected chi connectivity index (χ1v) is 6.55. The molecule has 20 heavy (non-hydrogen) atoms. The molecular formula is C12H11IN2O5. The number of ether oxygens (including phenoxy) is 2. The van der Waals surface area contributed by atoms with Crippen molar-refractivity contribution in [2.24, 2.45) is 7.05 Å². The van der Waals surface area contributed by atoms with Gasteiger partial charge in [0.25, 0.3) is 0 Å². The molecule has 2 rings (SSSR count). The van der Waals surface area contributed by atoms with Crippen molar-refractivity contribution in [2.45, 2.75) is 0 Å². The van der Waals surface area contributed by atoms with Gasteiger partial charge in [0.15, 0.2) is 0 Å². The Kier molecular flexibility index (Phi) is 4.12. The Labute approximate surface area is 127 Å². The molecule has 0 saturated heterocycles. The molecule has 0 amide bonds. The maximum atomic E-state index is 11.9. The van der Waals surface area contributed by atoms with Crippen LogP contribution in [-0.4, -0.2) is 30.0 Å². The highest BCUT2D eigenvalue weighted by Gasteiger charge is 2.21. The van der Waals surface area contributed by atoms with E-state index in [9.17, 15) is 9.59 Å². The fraction of sp³-hybridized carbons (Fsp3) is 0.250. The summed E-state index contributed by atoms with van der Waals surface area (Å²) in [6.07, 6.45) is 1.78. The highest BCUT2D eigenvalue weighted by molar-refractivity contribution is 14.1. The predicted molar refractivity (Wildman–Crippen MR) is 77.8 cm³/mol. The lowest BCUT2D eigenvalue weighted by atomic mass is 10.1. The van der Waals surface area contributed by atoms with Gasteiger partial charge in [-0.3, -0.25) is 4.68 Å². The van der Waals surface area contributed by atoms with E-state index in [4.69, 9.17) is 9.15 Å². The Balaban J connectivity index is 2.73. The normalized spacial score (nSPS) is 10.4. The SMILES string of the molecule is COC(=O)c1cc(-c2nn(C)cc2I)c(OC)c(=O)o1. The monoisotopic (exact) mass is 390 g/mol. The number of carbonyl (C=O) groups excluding carboxylic acids is 1. The number of hydrogen-bond donors (Lipinski definition) is 0. The zero-order valence-electron chi connectivity index (χ0n) is 11.0. The minimum atomic E-state index is -0.758. The van der Waals surface area contributed by atoms with Crippen LogP contribution in [0.25, 0.3) is 11.3 Å². The van der Waals surface area contributed by atoms with Gasteiger partial charge in [-0.05, 0) is 22.6 Å². The third-order valence-electron chi connectivity index (χ3n) is 2.54. The van der Waals surface area contributed by atoms with Crippen LogP contribution in [0.5, 0.6) is 5.75 Å². The first-order valence-electron chi connectivity index (χ1n) is 5.48. The van der Waals surface area contributed by atoms with E-state index in [-0.39, 0.29) is 11.5 Å². The summed E-state index contributed by atoms with van der Waals surface area (Å²) in [5.74, 6) is -0.944. The first kappa shape index (κ1) is 14.6. The molecule has 0 aliphatic heterocycles. The van der Waals surface area contributed by atoms with Crippen molar-refractivity contribution in [1.82, 2.24) is 9.78 Å². The van der Waals surface area contributed by atoms with Crippen molar-refractivity contribution in [1.29, 1.82) is 0 Å². The average molecular weight is 390 g/mol. The molecule has 0 radical (unpaired) electrons. The van der Waals surface area contributed by atoms with Gasteiger partial charge < -0.3 is 13.9 Å². The number of rotatable bonds is 3. The van der Waals surface area contributed by atoms with Crippen molar-refractivity contribution in [2.75, 3.05) is 14.2 Å². The Bertz CT molecular complexity index is 719. The lowest BCUT2D eigenvalue weighted by Gasteiger charge is -2.06. The summed E-state index contributed by atoms with van der Waals surface area (Å²) in [5, 5.41) is 4.25. The third-order valence-corrected chi connectivity index (χ3v) is 3.33. The molecule has 106 valence electrons. The van der Waals surface area contributed by atoms with E-state index in [1.54, 1.807) is 17.9 Å². The topological polar surface area (TPSA) is 83.6 Å². The largest absolute Gasteiger partial charge is 0.489 e. The fourth-order valence-electron chi connectivity index (χ4n) is 1.69. The first-order chi connectivity index (χ1) is 9.47. The van der Waals surface area contributed by atoms with Crippen LogP contribution in [0.2, 0.25) is 0 Å². The number of aryl methyl sites for hydroxylation is 1. The second kappa shape index (κ2) is 5.65. The van der Waals surface area contributed by atoms with E-state index in [0.717, 1.165) is 3.57 Å². The molecule has 0 saturated carbocycles. The van der Waals surface area contributed by atoms with Crippen LogP contribution in [0, 0.1) is 3.57 Å². The van der Waals surface area contributed by atoms with Crippen LogP contribution in [0.4, 0.5) is 0 Å². The number of esters is 1. The number of hydrogen-bond acceptors (Lipinski definition) is 6. The summed E-state index contributed by atoms with van der Waals surface area (Å²) in [6, 6.07) is 1.39. The molecule has 8 heteroatoms. The molecule has 2 heterocycles. The van der Waals surface area contributed by atoms with Crippen LogP contribution in [0.15, 0.2) is 21.5 Å². The zero-order valence-corrected chi connectivity index (χ0v) is 13.1. The number of aromatic nitrogens is 2. The van der Waals surface area contributed by atoms with Gasteiger partial charge in [0.1, 0.15) is 5.69 Å². The van der Waals surface area contributed by atoms with Gasteiger partial charge in [-0.15, -0.1) is 0 Å². The second-order valence-corrected chi connectivity index (χ2v) is 5.00. The Morgan fingerprint density at radius 1 is 1.45 bits per heavy atom. The Morgan fingerprint density at radius 3 is 2.65 bits per heavy atom. The number of halogens is 1. The molecule has 0 N–H and O–H groups in total. The molecule has 0 fully saturated rings. The van der Waals surface area contributed by atoms with Gasteiger partial charge >= 0.3 is 11.6 Å². The van der Waals surface area contributed by atoms with Crippen LogP contribution >= 0.6 is 22.6 Å². The smallest absolute Gasteiger partial charge is 0.379 e. The summed E-state index contributed by atoms with van der Waals surface area (Å²) in [7, 11) is 4.31. The van der Waals surface area contributed by atoms with Gasteiger partial charge in [0.05, 0.1) is 23.4 Å². The molecule has 0 spiro atoms. The number of methoxy groups -OCH3 is 2. The zero-order chi connectivity index (χ0) is 14.9. The molecule has 2 aromatic rings. The molecule has 2 aromatic heterocycles. The molecule has 0 atom stereocenters. The molecular weight excluding hydrogens is 379 g/mol. The maximum absolute atomic E-state index is 11.9. The van der Waals surface area contributed by atoms with E-state index in [1.807, 2.05) is 0 Å². The highest BCUT2D eigenvalue weighted by Crippen LogP contribution is 2.30. The second-order valence-electron chi connectivity index (χ2n) is 3.84. The Hall–Kier alpha value is -1.84. The van der Waals surface area contributed by atoms with E-state index >= 15 is 0 Å². The van der Waals surface area contributed by atoms with Gasteiger partial charge in [-0.25, -0.2) is 9.59 Å². The molecule has 0 aliphatic rings. The van der Waals surface area contributed by atoms with Crippen LogP contribution in [-0.2, 0) is 11.8 Å². The molecule has 0 bridgehead atoms. The van der Waals surface area contributed by atoms with Gasteiger partial charge in [-0.1, -0.05) is 0 Å². The summed E-state index contributed by atoms with van der Waals surface area (Å²) >= 11 is 2.08. The standard InChI is InChI=1S/C12H11IN2O5/c1-15-5-7(13)9(14-15)6-4-8(11(16)19-3)20-12(17)10(6)18-2/h4-5H,1-3H3. The lowest BCUT2D eigenvalue weighted by molar-refractivity contribution is 0.0559. The van der Waals surface area contributed by atoms with Crippen molar-refractivity contribution in [3.63, 3.8) is 0 Å². The number of carbonyl (C=O) groups is 1. The highest BCUT2D eigenvalue weighted by atomic mass is 127. The minimum Gasteiger partial charge on any atom is -0.489 e. The molecule has 0 aliphatic carbocycles. The predicted octanol–water partition coefficient (Wildman–Crippen LogP) is 1.44. The summed E-state index contributed by atoms with van der Waals surface area (Å²) in [6.45, 7) is 0. The van der Waals surface area contributed by atoms with E-state index in [2.05, 4.69) is 32.4 Å². The van der Waals surface area contributed by atoms with Gasteiger partial charge in [0, 0.05) is 19.3 Å². The summed E-state index contributed by atoms with van der Waals surface area (Å²) in [5.41, 5.74) is 0.156. The maximum Gasteiger partial charge on any atom is 0.379 e. The lowest BCUT2D eigenvalue weighted by Crippen LogP contribution is -2.12.